The first kappa shape index (κ1) is 9.52. The Bertz CT molecular complexity index is 429. The van der Waals surface area contributed by atoms with E-state index in [9.17, 15) is 0 Å². The SMILES string of the molecule is [CH]Oc1cccc(Oc2ccccc2)n1. The van der Waals surface area contributed by atoms with Gasteiger partial charge in [-0.15, -0.1) is 0 Å². The van der Waals surface area contributed by atoms with Gasteiger partial charge < -0.3 is 9.47 Å². The number of aromatic nitrogens is 1. The van der Waals surface area contributed by atoms with Crippen molar-refractivity contribution in [1.29, 1.82) is 0 Å². The monoisotopic (exact) mass is 199 g/mol. The summed E-state index contributed by atoms with van der Waals surface area (Å²) in [7, 11) is 4.99. The molecule has 3 nitrogen and oxygen atoms in total. The Hall–Kier alpha value is -2.03. The van der Waals surface area contributed by atoms with Crippen LogP contribution in [0.2, 0.25) is 0 Å². The van der Waals surface area contributed by atoms with E-state index in [1.54, 1.807) is 18.2 Å². The summed E-state index contributed by atoms with van der Waals surface area (Å²) in [5.41, 5.74) is 0. The van der Waals surface area contributed by atoms with Gasteiger partial charge in [-0.3, -0.25) is 0 Å². The van der Waals surface area contributed by atoms with Gasteiger partial charge in [0.2, 0.25) is 11.8 Å². The van der Waals surface area contributed by atoms with Gasteiger partial charge >= 0.3 is 0 Å². The first-order valence-electron chi connectivity index (χ1n) is 4.45. The average molecular weight is 199 g/mol. The van der Waals surface area contributed by atoms with Crippen molar-refractivity contribution in [2.45, 2.75) is 0 Å². The Morgan fingerprint density at radius 3 is 2.33 bits per heavy atom. The van der Waals surface area contributed by atoms with E-state index in [2.05, 4.69) is 9.72 Å². The highest BCUT2D eigenvalue weighted by molar-refractivity contribution is 5.28. The molecule has 0 amide bonds. The number of ether oxygens (including phenoxy) is 2. The molecule has 0 unspecified atom stereocenters. The number of benzene rings is 1. The lowest BCUT2D eigenvalue weighted by atomic mass is 10.3. The first-order chi connectivity index (χ1) is 7.38. The standard InChI is InChI=1S/C12H9NO2/c1-14-11-8-5-9-12(13-11)15-10-6-3-2-4-7-10/h1-9H. The molecule has 15 heavy (non-hydrogen) atoms. The lowest BCUT2D eigenvalue weighted by molar-refractivity contribution is 0.421. The van der Waals surface area contributed by atoms with E-state index in [4.69, 9.17) is 11.8 Å². The van der Waals surface area contributed by atoms with Crippen LogP contribution in [0.1, 0.15) is 0 Å². The number of hydrogen-bond donors (Lipinski definition) is 0. The lowest BCUT2D eigenvalue weighted by Gasteiger charge is -2.04. The van der Waals surface area contributed by atoms with Gasteiger partial charge in [-0.25, -0.2) is 0 Å². The molecule has 2 rings (SSSR count). The van der Waals surface area contributed by atoms with Gasteiger partial charge in [0.25, 0.3) is 0 Å². The molecule has 0 aliphatic rings. The molecule has 0 atom stereocenters. The smallest absolute Gasteiger partial charge is 0.222 e. The van der Waals surface area contributed by atoms with Crippen LogP contribution < -0.4 is 9.47 Å². The summed E-state index contributed by atoms with van der Waals surface area (Å²) in [6.07, 6.45) is 0. The molecule has 0 aliphatic heterocycles. The van der Waals surface area contributed by atoms with Gasteiger partial charge in [0.1, 0.15) is 5.75 Å². The maximum Gasteiger partial charge on any atom is 0.222 e. The van der Waals surface area contributed by atoms with Crippen molar-refractivity contribution >= 4 is 0 Å². The van der Waals surface area contributed by atoms with E-state index < -0.39 is 0 Å². The first-order valence-corrected chi connectivity index (χ1v) is 4.45. The molecule has 2 aromatic rings. The maximum absolute atomic E-state index is 5.47. The Kier molecular flexibility index (Phi) is 2.83. The lowest BCUT2D eigenvalue weighted by Crippen LogP contribution is -1.89. The summed E-state index contributed by atoms with van der Waals surface area (Å²) < 4.78 is 9.98. The largest absolute Gasteiger partial charge is 0.466 e. The molecule has 0 spiro atoms. The predicted molar refractivity (Wildman–Crippen MR) is 55.7 cm³/mol. The van der Waals surface area contributed by atoms with E-state index in [1.165, 1.54) is 0 Å². The topological polar surface area (TPSA) is 31.4 Å². The van der Waals surface area contributed by atoms with Crippen molar-refractivity contribution in [2.24, 2.45) is 0 Å². The molecule has 0 bridgehead atoms. The molecule has 1 heterocycles. The van der Waals surface area contributed by atoms with Crippen molar-refractivity contribution in [3.05, 3.63) is 55.6 Å². The highest BCUT2D eigenvalue weighted by Crippen LogP contribution is 2.20. The number of nitrogens with zero attached hydrogens (tertiary/aromatic N) is 1. The summed E-state index contributed by atoms with van der Waals surface area (Å²) >= 11 is 0. The second-order valence-electron chi connectivity index (χ2n) is 2.85. The molecule has 0 aliphatic carbocycles. The van der Waals surface area contributed by atoms with Crippen LogP contribution in [-0.4, -0.2) is 4.98 Å². The quantitative estimate of drug-likeness (QED) is 0.761. The van der Waals surface area contributed by atoms with Crippen molar-refractivity contribution in [3.8, 4) is 17.5 Å². The van der Waals surface area contributed by atoms with Crippen LogP contribution in [0.3, 0.4) is 0 Å². The summed E-state index contributed by atoms with van der Waals surface area (Å²) in [5.74, 6) is 1.49. The van der Waals surface area contributed by atoms with Crippen molar-refractivity contribution in [3.63, 3.8) is 0 Å². The third kappa shape index (κ3) is 2.47. The van der Waals surface area contributed by atoms with Crippen molar-refractivity contribution < 1.29 is 9.47 Å². The molecule has 0 N–H and O–H groups in total. The van der Waals surface area contributed by atoms with Crippen LogP contribution in [0, 0.1) is 7.11 Å². The van der Waals surface area contributed by atoms with Crippen molar-refractivity contribution in [1.82, 2.24) is 4.98 Å². The maximum atomic E-state index is 5.47. The average Bonchev–Trinajstić information content (AvgIpc) is 2.31. The molecule has 3 heteroatoms. The zero-order valence-electron chi connectivity index (χ0n) is 7.96. The van der Waals surface area contributed by atoms with Crippen LogP contribution in [0.5, 0.6) is 17.5 Å². The second kappa shape index (κ2) is 4.46. The minimum absolute atomic E-state index is 0.323. The van der Waals surface area contributed by atoms with E-state index in [-0.39, 0.29) is 0 Å². The minimum atomic E-state index is 0.323. The Morgan fingerprint density at radius 1 is 0.867 bits per heavy atom. The fraction of sp³-hybridized carbons (Fsp3) is 0. The molecule has 1 aromatic carbocycles. The van der Waals surface area contributed by atoms with Crippen molar-refractivity contribution in [2.75, 3.05) is 0 Å². The zero-order valence-corrected chi connectivity index (χ0v) is 7.96. The molecule has 74 valence electrons. The zero-order chi connectivity index (χ0) is 10.5. The molecular weight excluding hydrogens is 190 g/mol. The van der Waals surface area contributed by atoms with Gasteiger partial charge in [-0.05, 0) is 12.1 Å². The van der Waals surface area contributed by atoms with E-state index in [1.807, 2.05) is 30.3 Å². The summed E-state index contributed by atoms with van der Waals surface area (Å²) in [6.45, 7) is 0. The van der Waals surface area contributed by atoms with E-state index >= 15 is 0 Å². The van der Waals surface area contributed by atoms with Gasteiger partial charge in [-0.1, -0.05) is 24.3 Å². The molecule has 0 fully saturated rings. The number of para-hydroxylation sites is 1. The summed E-state index contributed by atoms with van der Waals surface area (Å²) in [5, 5.41) is 0. The number of rotatable bonds is 3. The van der Waals surface area contributed by atoms with E-state index in [0.29, 0.717) is 11.8 Å². The highest BCUT2D eigenvalue weighted by Gasteiger charge is 1.99. The van der Waals surface area contributed by atoms with Crippen LogP contribution in [-0.2, 0) is 0 Å². The Morgan fingerprint density at radius 2 is 1.60 bits per heavy atom. The van der Waals surface area contributed by atoms with E-state index in [0.717, 1.165) is 5.75 Å². The summed E-state index contributed by atoms with van der Waals surface area (Å²) in [6, 6.07) is 14.5. The highest BCUT2D eigenvalue weighted by atomic mass is 16.5. The fourth-order valence-corrected chi connectivity index (χ4v) is 1.13. The van der Waals surface area contributed by atoms with Crippen LogP contribution >= 0.6 is 0 Å². The van der Waals surface area contributed by atoms with Crippen LogP contribution in [0.4, 0.5) is 0 Å². The Balaban J connectivity index is 2.17. The third-order valence-corrected chi connectivity index (χ3v) is 1.78. The second-order valence-corrected chi connectivity index (χ2v) is 2.85. The van der Waals surface area contributed by atoms with Gasteiger partial charge in [0.05, 0.1) is 0 Å². The van der Waals surface area contributed by atoms with Gasteiger partial charge in [0, 0.05) is 12.1 Å². The Labute approximate surface area is 88.3 Å². The molecular formula is C12H9NO2. The molecule has 2 radical (unpaired) electrons. The van der Waals surface area contributed by atoms with Gasteiger partial charge in [0.15, 0.2) is 7.11 Å². The fourth-order valence-electron chi connectivity index (χ4n) is 1.13. The van der Waals surface area contributed by atoms with Gasteiger partial charge in [-0.2, -0.15) is 4.98 Å². The number of pyridine rings is 1. The van der Waals surface area contributed by atoms with Crippen LogP contribution in [0.25, 0.3) is 0 Å². The molecule has 0 saturated carbocycles. The number of hydrogen-bond acceptors (Lipinski definition) is 3. The molecule has 1 aromatic heterocycles. The normalized spacial score (nSPS) is 9.67. The summed E-state index contributed by atoms with van der Waals surface area (Å²) in [4.78, 5) is 4.02. The third-order valence-electron chi connectivity index (χ3n) is 1.78. The molecule has 0 saturated heterocycles. The van der Waals surface area contributed by atoms with Crippen LogP contribution in [0.15, 0.2) is 48.5 Å². The predicted octanol–water partition coefficient (Wildman–Crippen LogP) is 2.92. The minimum Gasteiger partial charge on any atom is -0.466 e.